The van der Waals surface area contributed by atoms with Crippen LogP contribution in [0.15, 0.2) is 0 Å². The second-order valence-corrected chi connectivity index (χ2v) is 9.39. The number of rotatable bonds is 11. The van der Waals surface area contributed by atoms with E-state index in [-0.39, 0.29) is 6.42 Å². The minimum Gasteiger partial charge on any atom is -0.466 e. The van der Waals surface area contributed by atoms with E-state index in [1.807, 2.05) is 0 Å². The number of hydrogen-bond donors (Lipinski definition) is 1. The zero-order valence-corrected chi connectivity index (χ0v) is 22.1. The van der Waals surface area contributed by atoms with Crippen LogP contribution in [0.4, 0.5) is 0 Å². The summed E-state index contributed by atoms with van der Waals surface area (Å²) < 4.78 is 32.3. The molecule has 36 heavy (non-hydrogen) atoms. The van der Waals surface area contributed by atoms with Crippen molar-refractivity contribution in [3.63, 3.8) is 0 Å². The SMILES string of the molecule is CCSC1(C(=O)OC)CC(OC(C)=O)C(NC(C)=O)C([C@H](OC(C)=O)[C@@H](COC(C)=O)OC(C)=O)O1. The summed E-state index contributed by atoms with van der Waals surface area (Å²) in [4.78, 5) is 70.7. The number of amides is 1. The Labute approximate surface area is 213 Å². The van der Waals surface area contributed by atoms with Crippen molar-refractivity contribution in [2.45, 2.75) is 83.4 Å². The summed E-state index contributed by atoms with van der Waals surface area (Å²) in [7, 11) is 1.14. The van der Waals surface area contributed by atoms with Crippen molar-refractivity contribution in [1.29, 1.82) is 0 Å². The van der Waals surface area contributed by atoms with Crippen molar-refractivity contribution < 1.29 is 57.2 Å². The van der Waals surface area contributed by atoms with Crippen LogP contribution in [0.2, 0.25) is 0 Å². The van der Waals surface area contributed by atoms with Gasteiger partial charge in [-0.1, -0.05) is 6.92 Å². The molecule has 1 amide bonds. The summed E-state index contributed by atoms with van der Waals surface area (Å²) in [5.74, 6) is -4.05. The van der Waals surface area contributed by atoms with Crippen LogP contribution in [0.3, 0.4) is 0 Å². The van der Waals surface area contributed by atoms with Gasteiger partial charge in [0.15, 0.2) is 12.2 Å². The van der Waals surface area contributed by atoms with Gasteiger partial charge >= 0.3 is 29.8 Å². The normalized spacial score (nSPS) is 24.9. The molecule has 1 fully saturated rings. The second-order valence-electron chi connectivity index (χ2n) is 7.86. The first-order valence-corrected chi connectivity index (χ1v) is 12.1. The largest absolute Gasteiger partial charge is 0.466 e. The van der Waals surface area contributed by atoms with Crippen molar-refractivity contribution >= 4 is 47.5 Å². The zero-order chi connectivity index (χ0) is 27.6. The molecule has 0 aliphatic carbocycles. The van der Waals surface area contributed by atoms with Crippen LogP contribution in [0, 0.1) is 0 Å². The fourth-order valence-electron chi connectivity index (χ4n) is 3.78. The summed E-state index contributed by atoms with van der Waals surface area (Å²) in [6, 6.07) is -1.17. The van der Waals surface area contributed by atoms with Gasteiger partial charge in [0.2, 0.25) is 10.8 Å². The first kappa shape index (κ1) is 31.2. The number of ether oxygens (including phenoxy) is 6. The fourth-order valence-corrected chi connectivity index (χ4v) is 4.91. The molecule has 6 atom stereocenters. The highest BCUT2D eigenvalue weighted by Gasteiger charge is 2.58. The van der Waals surface area contributed by atoms with E-state index in [2.05, 4.69) is 5.32 Å². The molecule has 1 rings (SSSR count). The van der Waals surface area contributed by atoms with E-state index in [0.717, 1.165) is 46.6 Å². The van der Waals surface area contributed by atoms with Gasteiger partial charge in [-0.3, -0.25) is 24.0 Å². The molecule has 1 N–H and O–H groups in total. The highest BCUT2D eigenvalue weighted by atomic mass is 32.2. The number of nitrogens with one attached hydrogen (secondary N) is 1. The topological polar surface area (TPSA) is 170 Å². The highest BCUT2D eigenvalue weighted by Crippen LogP contribution is 2.42. The van der Waals surface area contributed by atoms with Crippen LogP contribution in [0.1, 0.15) is 48.0 Å². The molecular weight excluding hydrogens is 502 g/mol. The molecule has 1 aliphatic heterocycles. The lowest BCUT2D eigenvalue weighted by atomic mass is 9.89. The lowest BCUT2D eigenvalue weighted by Gasteiger charge is -2.48. The molecule has 0 aromatic carbocycles. The van der Waals surface area contributed by atoms with Gasteiger partial charge in [0.05, 0.1) is 13.2 Å². The number of carbonyl (C=O) groups excluding carboxylic acids is 6. The number of hydrogen-bond acceptors (Lipinski definition) is 13. The molecule has 204 valence electrons. The molecule has 0 bridgehead atoms. The third-order valence-corrected chi connectivity index (χ3v) is 6.06. The number of methoxy groups -OCH3 is 1. The lowest BCUT2D eigenvalue weighted by molar-refractivity contribution is -0.224. The van der Waals surface area contributed by atoms with Crippen LogP contribution in [0.5, 0.6) is 0 Å². The van der Waals surface area contributed by atoms with Gasteiger partial charge in [0, 0.05) is 41.0 Å². The van der Waals surface area contributed by atoms with Gasteiger partial charge in [-0.05, 0) is 5.75 Å². The Hall–Kier alpha value is -2.87. The Balaban J connectivity index is 3.76. The fraction of sp³-hybridized carbons (Fsp3) is 0.727. The molecule has 0 saturated carbocycles. The smallest absolute Gasteiger partial charge is 0.348 e. The van der Waals surface area contributed by atoms with Gasteiger partial charge in [-0.2, -0.15) is 0 Å². The molecule has 1 aliphatic rings. The van der Waals surface area contributed by atoms with Crippen LogP contribution < -0.4 is 5.32 Å². The maximum Gasteiger partial charge on any atom is 0.348 e. The van der Waals surface area contributed by atoms with E-state index in [4.69, 9.17) is 28.4 Å². The van der Waals surface area contributed by atoms with Crippen LogP contribution in [0.25, 0.3) is 0 Å². The van der Waals surface area contributed by atoms with Gasteiger partial charge < -0.3 is 33.7 Å². The van der Waals surface area contributed by atoms with E-state index >= 15 is 0 Å². The first-order chi connectivity index (χ1) is 16.8. The summed E-state index contributed by atoms with van der Waals surface area (Å²) in [5, 5.41) is 2.61. The van der Waals surface area contributed by atoms with Crippen molar-refractivity contribution in [1.82, 2.24) is 5.32 Å². The Bertz CT molecular complexity index is 849. The zero-order valence-electron chi connectivity index (χ0n) is 21.3. The van der Waals surface area contributed by atoms with Crippen LogP contribution in [-0.2, 0) is 57.2 Å². The average Bonchev–Trinajstić information content (AvgIpc) is 2.75. The lowest BCUT2D eigenvalue weighted by Crippen LogP contribution is -2.68. The third kappa shape index (κ3) is 8.97. The van der Waals surface area contributed by atoms with E-state index in [9.17, 15) is 28.8 Å². The predicted octanol–water partition coefficient (Wildman–Crippen LogP) is 0.261. The highest BCUT2D eigenvalue weighted by molar-refractivity contribution is 8.01. The minimum absolute atomic E-state index is 0.214. The van der Waals surface area contributed by atoms with E-state index in [0.29, 0.717) is 5.75 Å². The third-order valence-electron chi connectivity index (χ3n) is 4.87. The maximum absolute atomic E-state index is 12.9. The Morgan fingerprint density at radius 3 is 2.03 bits per heavy atom. The van der Waals surface area contributed by atoms with E-state index < -0.39 is 77.8 Å². The van der Waals surface area contributed by atoms with E-state index in [1.165, 1.54) is 6.92 Å². The van der Waals surface area contributed by atoms with Gasteiger partial charge in [0.25, 0.3) is 0 Å². The predicted molar refractivity (Wildman–Crippen MR) is 123 cm³/mol. The van der Waals surface area contributed by atoms with Crippen molar-refractivity contribution in [2.24, 2.45) is 0 Å². The summed E-state index contributed by atoms with van der Waals surface area (Å²) in [6.45, 7) is 6.86. The van der Waals surface area contributed by atoms with Crippen LogP contribution >= 0.6 is 11.8 Å². The Morgan fingerprint density at radius 2 is 1.58 bits per heavy atom. The molecule has 4 unspecified atom stereocenters. The standard InChI is InChI=1S/C22H33NO12S/c1-8-36-22(21(29)30-7)9-16(32-13(4)26)18(23-11(2)24)20(35-22)19(34-15(6)28)17(33-14(5)27)10-31-12(3)25/h16-20H,8-10H2,1-7H3,(H,23,24)/t16?,17-,18?,19-,20?,22?/m1/s1. The van der Waals surface area contributed by atoms with Gasteiger partial charge in [-0.25, -0.2) is 4.79 Å². The molecule has 1 heterocycles. The summed E-state index contributed by atoms with van der Waals surface area (Å²) >= 11 is 1.03. The molecule has 0 spiro atoms. The van der Waals surface area contributed by atoms with Crippen molar-refractivity contribution in [3.8, 4) is 0 Å². The maximum atomic E-state index is 12.9. The minimum atomic E-state index is -1.75. The Morgan fingerprint density at radius 1 is 0.972 bits per heavy atom. The van der Waals surface area contributed by atoms with Crippen LogP contribution in [-0.4, -0.2) is 90.6 Å². The molecule has 13 nitrogen and oxygen atoms in total. The monoisotopic (exact) mass is 535 g/mol. The molecule has 0 aromatic rings. The quantitative estimate of drug-likeness (QED) is 0.282. The summed E-state index contributed by atoms with van der Waals surface area (Å²) in [6.07, 6.45) is -5.70. The van der Waals surface area contributed by atoms with Gasteiger partial charge in [0.1, 0.15) is 18.8 Å². The molecule has 1 saturated heterocycles. The summed E-state index contributed by atoms with van der Waals surface area (Å²) in [5.41, 5.74) is 0. The number of thioether (sulfide) groups is 1. The first-order valence-electron chi connectivity index (χ1n) is 11.1. The molecule has 0 radical (unpaired) electrons. The molecular formula is C22H33NO12S. The van der Waals surface area contributed by atoms with Crippen molar-refractivity contribution in [2.75, 3.05) is 19.5 Å². The molecule has 14 heteroatoms. The molecule has 0 aromatic heterocycles. The second kappa shape index (κ2) is 14.0. The van der Waals surface area contributed by atoms with Crippen molar-refractivity contribution in [3.05, 3.63) is 0 Å². The number of carbonyl (C=O) groups is 6. The number of esters is 5. The average molecular weight is 536 g/mol. The Kier molecular flexibility index (Phi) is 12.1. The van der Waals surface area contributed by atoms with Gasteiger partial charge in [-0.15, -0.1) is 11.8 Å². The van der Waals surface area contributed by atoms with E-state index in [1.54, 1.807) is 6.92 Å².